The highest BCUT2D eigenvalue weighted by atomic mass is 16.3. The molecule has 1 atom stereocenters. The number of carbonyl (C=O) groups excluding carboxylic acids is 1. The molecule has 2 N–H and O–H groups in total. The molecule has 1 unspecified atom stereocenters. The minimum absolute atomic E-state index is 0.0888. The van der Waals surface area contributed by atoms with Crippen molar-refractivity contribution < 1.29 is 9.90 Å². The van der Waals surface area contributed by atoms with Gasteiger partial charge in [0.05, 0.1) is 0 Å². The average molecular weight is 248 g/mol. The van der Waals surface area contributed by atoms with Crippen molar-refractivity contribution in [1.82, 2.24) is 5.32 Å². The van der Waals surface area contributed by atoms with Crippen LogP contribution in [0.25, 0.3) is 0 Å². The van der Waals surface area contributed by atoms with Crippen molar-refractivity contribution in [2.24, 2.45) is 0 Å². The summed E-state index contributed by atoms with van der Waals surface area (Å²) in [5, 5.41) is 12.2. The summed E-state index contributed by atoms with van der Waals surface area (Å²) < 4.78 is 0. The lowest BCUT2D eigenvalue weighted by molar-refractivity contribution is -0.120. The van der Waals surface area contributed by atoms with E-state index in [1.54, 1.807) is 4.90 Å². The highest BCUT2D eigenvalue weighted by Crippen LogP contribution is 2.36. The van der Waals surface area contributed by atoms with Crippen molar-refractivity contribution >= 4 is 11.6 Å². The minimum atomic E-state index is -0.233. The zero-order valence-corrected chi connectivity index (χ0v) is 10.9. The van der Waals surface area contributed by atoms with E-state index in [0.717, 1.165) is 23.4 Å². The van der Waals surface area contributed by atoms with Gasteiger partial charge in [0, 0.05) is 24.4 Å². The van der Waals surface area contributed by atoms with Crippen molar-refractivity contribution in [3.63, 3.8) is 0 Å². The fourth-order valence-corrected chi connectivity index (χ4v) is 2.42. The lowest BCUT2D eigenvalue weighted by Gasteiger charge is -2.17. The first-order valence-corrected chi connectivity index (χ1v) is 6.45. The summed E-state index contributed by atoms with van der Waals surface area (Å²) in [5.41, 5.74) is 3.19. The Morgan fingerprint density at radius 1 is 1.44 bits per heavy atom. The maximum atomic E-state index is 12.4. The predicted molar refractivity (Wildman–Crippen MR) is 71.7 cm³/mol. The van der Waals surface area contributed by atoms with Gasteiger partial charge in [-0.2, -0.15) is 0 Å². The minimum Gasteiger partial charge on any atom is -0.396 e. The summed E-state index contributed by atoms with van der Waals surface area (Å²) in [7, 11) is 0. The van der Waals surface area contributed by atoms with Crippen molar-refractivity contribution in [3.8, 4) is 0 Å². The van der Waals surface area contributed by atoms with E-state index in [2.05, 4.69) is 11.4 Å². The second-order valence-corrected chi connectivity index (χ2v) is 4.62. The molecule has 0 fully saturated rings. The van der Waals surface area contributed by atoms with Gasteiger partial charge in [0.25, 0.3) is 0 Å². The van der Waals surface area contributed by atoms with Crippen LogP contribution in [-0.2, 0) is 4.79 Å². The number of hydrogen-bond acceptors (Lipinski definition) is 3. The van der Waals surface area contributed by atoms with Crippen LogP contribution < -0.4 is 10.2 Å². The van der Waals surface area contributed by atoms with Gasteiger partial charge in [-0.15, -0.1) is 0 Å². The van der Waals surface area contributed by atoms with Crippen LogP contribution in [-0.4, -0.2) is 30.7 Å². The smallest absolute Gasteiger partial charge is 0.248 e. The lowest BCUT2D eigenvalue weighted by atomic mass is 10.1. The molecular weight excluding hydrogens is 228 g/mol. The van der Waals surface area contributed by atoms with Gasteiger partial charge < -0.3 is 15.3 Å². The standard InChI is InChI=1S/C14H20N2O2/c1-3-15-13-11-9-10(2)5-6-12(11)16(14(13)18)7-4-8-17/h5-6,9,13,15,17H,3-4,7-8H2,1-2H3. The van der Waals surface area contributed by atoms with E-state index in [-0.39, 0.29) is 18.6 Å². The number of nitrogens with one attached hydrogen (secondary N) is 1. The number of fused-ring (bicyclic) bond motifs is 1. The Balaban J connectivity index is 2.34. The summed E-state index contributed by atoms with van der Waals surface area (Å²) in [6.07, 6.45) is 0.609. The maximum absolute atomic E-state index is 12.4. The Kier molecular flexibility index (Phi) is 3.99. The molecule has 4 nitrogen and oxygen atoms in total. The largest absolute Gasteiger partial charge is 0.396 e. The molecule has 1 aromatic rings. The number of nitrogens with zero attached hydrogens (tertiary/aromatic N) is 1. The van der Waals surface area contributed by atoms with Crippen molar-refractivity contribution in [1.29, 1.82) is 0 Å². The number of aliphatic hydroxyl groups excluding tert-OH is 1. The molecule has 4 heteroatoms. The Morgan fingerprint density at radius 3 is 2.89 bits per heavy atom. The molecule has 0 spiro atoms. The second kappa shape index (κ2) is 5.50. The van der Waals surface area contributed by atoms with Crippen molar-refractivity contribution in [2.75, 3.05) is 24.6 Å². The molecule has 0 bridgehead atoms. The zero-order valence-electron chi connectivity index (χ0n) is 10.9. The number of likely N-dealkylation sites (N-methyl/N-ethyl adjacent to an activating group) is 1. The van der Waals surface area contributed by atoms with Crippen molar-refractivity contribution in [3.05, 3.63) is 29.3 Å². The van der Waals surface area contributed by atoms with E-state index < -0.39 is 0 Å². The van der Waals surface area contributed by atoms with Crippen LogP contribution in [0.4, 0.5) is 5.69 Å². The number of rotatable bonds is 5. The molecular formula is C14H20N2O2. The third-order valence-electron chi connectivity index (χ3n) is 3.25. The summed E-state index contributed by atoms with van der Waals surface area (Å²) in [5.74, 6) is 0.0888. The molecule has 0 aromatic heterocycles. The van der Waals surface area contributed by atoms with Crippen LogP contribution in [0.15, 0.2) is 18.2 Å². The molecule has 1 aromatic carbocycles. The number of anilines is 1. The number of benzene rings is 1. The molecule has 1 aliphatic heterocycles. The van der Waals surface area contributed by atoms with Gasteiger partial charge in [0.15, 0.2) is 0 Å². The van der Waals surface area contributed by atoms with E-state index >= 15 is 0 Å². The van der Waals surface area contributed by atoms with E-state index in [9.17, 15) is 4.79 Å². The van der Waals surface area contributed by atoms with Gasteiger partial charge in [0.2, 0.25) is 5.91 Å². The third kappa shape index (κ3) is 2.26. The average Bonchev–Trinajstić information content (AvgIpc) is 2.61. The topological polar surface area (TPSA) is 52.6 Å². The molecule has 0 saturated heterocycles. The number of carbonyl (C=O) groups is 1. The molecule has 18 heavy (non-hydrogen) atoms. The zero-order chi connectivity index (χ0) is 13.1. The molecule has 0 aliphatic carbocycles. The van der Waals surface area contributed by atoms with Crippen LogP contribution in [0.2, 0.25) is 0 Å². The van der Waals surface area contributed by atoms with Gasteiger partial charge >= 0.3 is 0 Å². The van der Waals surface area contributed by atoms with Crippen LogP contribution in [0, 0.1) is 6.92 Å². The summed E-state index contributed by atoms with van der Waals surface area (Å²) >= 11 is 0. The number of amides is 1. The third-order valence-corrected chi connectivity index (χ3v) is 3.25. The highest BCUT2D eigenvalue weighted by Gasteiger charge is 2.36. The van der Waals surface area contributed by atoms with E-state index in [0.29, 0.717) is 13.0 Å². The molecule has 0 saturated carbocycles. The van der Waals surface area contributed by atoms with Crippen LogP contribution in [0.5, 0.6) is 0 Å². The van der Waals surface area contributed by atoms with E-state index in [4.69, 9.17) is 5.11 Å². The monoisotopic (exact) mass is 248 g/mol. The van der Waals surface area contributed by atoms with E-state index in [1.165, 1.54) is 0 Å². The van der Waals surface area contributed by atoms with Gasteiger partial charge in [0.1, 0.15) is 6.04 Å². The predicted octanol–water partition coefficient (Wildman–Crippen LogP) is 1.37. The second-order valence-electron chi connectivity index (χ2n) is 4.62. The first-order chi connectivity index (χ1) is 8.69. The summed E-state index contributed by atoms with van der Waals surface area (Å²) in [6, 6.07) is 5.85. The molecule has 2 rings (SSSR count). The van der Waals surface area contributed by atoms with Crippen LogP contribution in [0.1, 0.15) is 30.5 Å². The quantitative estimate of drug-likeness (QED) is 0.827. The van der Waals surface area contributed by atoms with Crippen molar-refractivity contribution in [2.45, 2.75) is 26.3 Å². The highest BCUT2D eigenvalue weighted by molar-refractivity contribution is 6.04. The normalized spacial score (nSPS) is 18.3. The van der Waals surface area contributed by atoms with E-state index in [1.807, 2.05) is 26.0 Å². The van der Waals surface area contributed by atoms with Crippen LogP contribution >= 0.6 is 0 Å². The van der Waals surface area contributed by atoms with Crippen LogP contribution in [0.3, 0.4) is 0 Å². The Bertz CT molecular complexity index is 445. The first-order valence-electron chi connectivity index (χ1n) is 6.45. The van der Waals surface area contributed by atoms with Gasteiger partial charge in [-0.1, -0.05) is 24.6 Å². The number of aryl methyl sites for hydroxylation is 1. The molecule has 0 radical (unpaired) electrons. The maximum Gasteiger partial charge on any atom is 0.248 e. The fraction of sp³-hybridized carbons (Fsp3) is 0.500. The molecule has 98 valence electrons. The SMILES string of the molecule is CCNC1C(=O)N(CCCO)c2ccc(C)cc21. The Labute approximate surface area is 108 Å². The molecule has 1 aliphatic rings. The number of aliphatic hydroxyl groups is 1. The number of hydrogen-bond donors (Lipinski definition) is 2. The summed E-state index contributed by atoms with van der Waals surface area (Å²) in [4.78, 5) is 14.1. The molecule has 1 heterocycles. The summed E-state index contributed by atoms with van der Waals surface area (Å²) in [6.45, 7) is 5.48. The van der Waals surface area contributed by atoms with Gasteiger partial charge in [-0.3, -0.25) is 4.79 Å². The van der Waals surface area contributed by atoms with Gasteiger partial charge in [-0.25, -0.2) is 0 Å². The Hall–Kier alpha value is -1.39. The lowest BCUT2D eigenvalue weighted by Crippen LogP contribution is -2.35. The molecule has 1 amide bonds. The first kappa shape index (κ1) is 13.1. The fourth-order valence-electron chi connectivity index (χ4n) is 2.42. The Morgan fingerprint density at radius 2 is 2.22 bits per heavy atom. The van der Waals surface area contributed by atoms with Gasteiger partial charge in [-0.05, 0) is 26.0 Å².